The molecule has 6 nitrogen and oxygen atoms in total. The largest absolute Gasteiger partial charge is 0.543 e. The predicted octanol–water partition coefficient (Wildman–Crippen LogP) is 6.93. The maximum absolute atomic E-state index is 13.5. The third-order valence-electron chi connectivity index (χ3n) is 7.41. The van der Waals surface area contributed by atoms with Crippen LogP contribution in [0.4, 0.5) is 5.82 Å². The minimum atomic E-state index is -2.08. The van der Waals surface area contributed by atoms with Crippen molar-refractivity contribution in [3.05, 3.63) is 95.2 Å². The molecule has 4 aromatic rings. The molecule has 196 valence electrons. The van der Waals surface area contributed by atoms with Gasteiger partial charge in [0, 0.05) is 17.0 Å². The Balaban J connectivity index is 1.56. The van der Waals surface area contributed by atoms with E-state index < -0.39 is 14.4 Å². The summed E-state index contributed by atoms with van der Waals surface area (Å²) in [7, 11) is -2.08. The molecule has 0 aliphatic carbocycles. The second-order valence-corrected chi connectivity index (χ2v) is 16.5. The molecule has 1 aliphatic rings. The molecule has 0 saturated carbocycles. The Morgan fingerprint density at radius 1 is 1.11 bits per heavy atom. The lowest BCUT2D eigenvalue weighted by Crippen LogP contribution is -2.44. The monoisotopic (exact) mass is 546 g/mol. The van der Waals surface area contributed by atoms with E-state index in [9.17, 15) is 4.79 Å². The minimum Gasteiger partial charge on any atom is -0.543 e. The second kappa shape index (κ2) is 10.0. The first kappa shape index (κ1) is 26.2. The van der Waals surface area contributed by atoms with Crippen molar-refractivity contribution in [1.29, 1.82) is 0 Å². The van der Waals surface area contributed by atoms with Gasteiger partial charge in [-0.1, -0.05) is 62.7 Å². The lowest BCUT2D eigenvalue weighted by atomic mass is 10.1. The molecule has 0 fully saturated rings. The Kier molecular flexibility index (Phi) is 6.92. The second-order valence-electron chi connectivity index (χ2n) is 11.3. The van der Waals surface area contributed by atoms with E-state index >= 15 is 0 Å². The molecule has 1 N–H and O–H groups in total. The third-order valence-corrected chi connectivity index (χ3v) is 12.0. The number of fused-ring (bicyclic) bond motifs is 1. The zero-order valence-corrected chi connectivity index (χ0v) is 24.2. The number of benzene rings is 2. The lowest BCUT2D eigenvalue weighted by molar-refractivity contribution is -0.552. The van der Waals surface area contributed by atoms with Crippen molar-refractivity contribution in [2.24, 2.45) is 0 Å². The summed E-state index contributed by atoms with van der Waals surface area (Å²) in [6.07, 6.45) is 4.45. The van der Waals surface area contributed by atoms with Gasteiger partial charge in [0.05, 0.1) is 12.7 Å². The molecule has 5 rings (SSSR count). The van der Waals surface area contributed by atoms with E-state index in [4.69, 9.17) is 25.4 Å². The highest BCUT2D eigenvalue weighted by Crippen LogP contribution is 2.39. The van der Waals surface area contributed by atoms with E-state index in [1.165, 1.54) is 0 Å². The maximum Gasteiger partial charge on any atom is 0.359 e. The van der Waals surface area contributed by atoms with Crippen molar-refractivity contribution in [2.45, 2.75) is 57.8 Å². The van der Waals surface area contributed by atoms with Gasteiger partial charge in [-0.25, -0.2) is 9.78 Å². The molecule has 0 amide bonds. The highest BCUT2D eigenvalue weighted by molar-refractivity contribution is 6.74. The Bertz CT molecular complexity index is 1460. The lowest BCUT2D eigenvalue weighted by Gasteiger charge is -2.36. The number of anilines is 1. The zero-order chi connectivity index (χ0) is 27.1. The molecule has 8 heteroatoms. The number of nitrogens with zero attached hydrogens (tertiary/aromatic N) is 2. The number of carbonyl (C=O) groups is 1. The number of nitrogens with one attached hydrogen (secondary N) is 1. The summed E-state index contributed by atoms with van der Waals surface area (Å²) in [4.78, 5) is 18.6. The van der Waals surface area contributed by atoms with E-state index in [0.717, 1.165) is 28.3 Å². The van der Waals surface area contributed by atoms with E-state index in [0.29, 0.717) is 29.4 Å². The van der Waals surface area contributed by atoms with E-state index in [2.05, 4.69) is 51.3 Å². The summed E-state index contributed by atoms with van der Waals surface area (Å²) in [5.41, 5.74) is 3.36. The molecule has 0 radical (unpaired) electrons. The van der Waals surface area contributed by atoms with Gasteiger partial charge in [-0.05, 0) is 54.0 Å². The fraction of sp³-hybridized carbons (Fsp3) is 0.300. The van der Waals surface area contributed by atoms with E-state index in [1.54, 1.807) is 17.0 Å². The van der Waals surface area contributed by atoms with Crippen LogP contribution in [0.25, 0.3) is 11.3 Å². The Morgan fingerprint density at radius 2 is 1.87 bits per heavy atom. The van der Waals surface area contributed by atoms with Crippen molar-refractivity contribution in [1.82, 2.24) is 4.98 Å². The topological polar surface area (TPSA) is 68.2 Å². The van der Waals surface area contributed by atoms with Crippen LogP contribution in [0.1, 0.15) is 42.6 Å². The quantitative estimate of drug-likeness (QED) is 0.201. The first-order valence-electron chi connectivity index (χ1n) is 12.8. The van der Waals surface area contributed by atoms with Crippen LogP contribution in [-0.4, -0.2) is 25.3 Å². The van der Waals surface area contributed by atoms with Crippen LogP contribution in [0.15, 0.2) is 77.5 Å². The van der Waals surface area contributed by atoms with Gasteiger partial charge >= 0.3 is 11.7 Å². The van der Waals surface area contributed by atoms with Crippen molar-refractivity contribution in [3.63, 3.8) is 0 Å². The number of rotatable bonds is 7. The SMILES string of the molecule is CC(C)(C)[Si](C)(C)Oc1cc(Cl)cc(-c2c[n+]3c(c(Cc4ccccc4)n2)NC(Cc2ccco2)C3=O)c1. The van der Waals surface area contributed by atoms with E-state index in [1.807, 2.05) is 48.5 Å². The average Bonchev–Trinajstić information content (AvgIpc) is 3.47. The number of hydrogen-bond donors (Lipinski definition) is 1. The fourth-order valence-electron chi connectivity index (χ4n) is 4.31. The molecule has 3 heterocycles. The van der Waals surface area contributed by atoms with Crippen molar-refractivity contribution in [2.75, 3.05) is 5.32 Å². The summed E-state index contributed by atoms with van der Waals surface area (Å²) >= 11 is 6.57. The summed E-state index contributed by atoms with van der Waals surface area (Å²) in [6.45, 7) is 11.0. The molecule has 1 aliphatic heterocycles. The molecule has 0 spiro atoms. The molecule has 0 saturated heterocycles. The molecule has 1 unspecified atom stereocenters. The number of furan rings is 1. The fourth-order valence-corrected chi connectivity index (χ4v) is 5.55. The molecule has 38 heavy (non-hydrogen) atoms. The van der Waals surface area contributed by atoms with Gasteiger partial charge in [-0.15, -0.1) is 0 Å². The highest BCUT2D eigenvalue weighted by Gasteiger charge is 2.42. The van der Waals surface area contributed by atoms with Crippen molar-refractivity contribution >= 4 is 31.6 Å². The van der Waals surface area contributed by atoms with Crippen LogP contribution in [0, 0.1) is 0 Å². The predicted molar refractivity (Wildman–Crippen MR) is 152 cm³/mol. The molecule has 2 aromatic carbocycles. The van der Waals surface area contributed by atoms with Crippen LogP contribution in [0.3, 0.4) is 0 Å². The van der Waals surface area contributed by atoms with Crippen LogP contribution in [0.2, 0.25) is 23.2 Å². The van der Waals surface area contributed by atoms with Gasteiger partial charge in [0.15, 0.2) is 0 Å². The van der Waals surface area contributed by atoms with Gasteiger partial charge in [0.1, 0.15) is 29.1 Å². The van der Waals surface area contributed by atoms with Gasteiger partial charge < -0.3 is 8.84 Å². The molecule has 0 bridgehead atoms. The number of hydrogen-bond acceptors (Lipinski definition) is 5. The van der Waals surface area contributed by atoms with Gasteiger partial charge in [-0.2, -0.15) is 4.57 Å². The third kappa shape index (κ3) is 5.40. The molecular formula is C30H33ClN3O3Si+. The summed E-state index contributed by atoms with van der Waals surface area (Å²) in [5, 5.41) is 4.01. The minimum absolute atomic E-state index is 0.0428. The van der Waals surface area contributed by atoms with E-state index in [-0.39, 0.29) is 10.9 Å². The first-order chi connectivity index (χ1) is 18.0. The average molecular weight is 547 g/mol. The molecule has 2 aromatic heterocycles. The number of aromatic nitrogens is 2. The Hall–Kier alpha value is -3.42. The number of carbonyl (C=O) groups excluding carboxylic acids is 1. The first-order valence-corrected chi connectivity index (χ1v) is 16.1. The van der Waals surface area contributed by atoms with Crippen molar-refractivity contribution < 1.29 is 18.2 Å². The Labute approximate surface area is 229 Å². The highest BCUT2D eigenvalue weighted by atomic mass is 35.5. The maximum atomic E-state index is 13.5. The van der Waals surface area contributed by atoms with Crippen LogP contribution in [0.5, 0.6) is 5.75 Å². The van der Waals surface area contributed by atoms with Crippen LogP contribution >= 0.6 is 11.6 Å². The summed E-state index contributed by atoms with van der Waals surface area (Å²) < 4.78 is 13.7. The van der Waals surface area contributed by atoms with Gasteiger partial charge in [0.25, 0.3) is 0 Å². The zero-order valence-electron chi connectivity index (χ0n) is 22.4. The van der Waals surface area contributed by atoms with Gasteiger partial charge in [-0.3, -0.25) is 5.32 Å². The Morgan fingerprint density at radius 3 is 2.55 bits per heavy atom. The van der Waals surface area contributed by atoms with Crippen LogP contribution in [-0.2, 0) is 12.8 Å². The molecular weight excluding hydrogens is 514 g/mol. The smallest absolute Gasteiger partial charge is 0.359 e. The van der Waals surface area contributed by atoms with Gasteiger partial charge in [0.2, 0.25) is 14.4 Å². The van der Waals surface area contributed by atoms with Crippen molar-refractivity contribution in [3.8, 4) is 17.0 Å². The normalized spacial score (nSPS) is 15.3. The van der Waals surface area contributed by atoms with Crippen LogP contribution < -0.4 is 14.3 Å². The summed E-state index contributed by atoms with van der Waals surface area (Å²) in [6, 6.07) is 19.1. The summed E-state index contributed by atoms with van der Waals surface area (Å²) in [5.74, 6) is 2.13. The number of halogens is 1. The standard InChI is InChI=1S/C30H32ClN3O3Si/c1-30(2,3)38(4,5)37-24-16-21(15-22(31)17-24)27-19-34-28(25(32-27)14-20-10-7-6-8-11-20)33-26(29(34)35)18-23-12-9-13-36-23/h6-13,15-17,19,26H,14,18H2,1-5H3/p+1. The molecule has 1 atom stereocenters.